The van der Waals surface area contributed by atoms with Crippen molar-refractivity contribution in [3.63, 3.8) is 0 Å². The van der Waals surface area contributed by atoms with Crippen molar-refractivity contribution in [3.05, 3.63) is 41.2 Å². The van der Waals surface area contributed by atoms with Crippen LogP contribution in [-0.2, 0) is 6.18 Å². The first-order chi connectivity index (χ1) is 9.89. The molecule has 7 heteroatoms. The second-order valence-electron chi connectivity index (χ2n) is 4.86. The van der Waals surface area contributed by atoms with Gasteiger partial charge in [0.1, 0.15) is 11.3 Å². The van der Waals surface area contributed by atoms with Gasteiger partial charge in [-0.15, -0.1) is 0 Å². The van der Waals surface area contributed by atoms with E-state index >= 15 is 0 Å². The minimum Gasteiger partial charge on any atom is -0.360 e. The van der Waals surface area contributed by atoms with E-state index in [1.54, 1.807) is 0 Å². The molecule has 0 spiro atoms. The molecule has 0 unspecified atom stereocenters. The Hall–Kier alpha value is -1.82. The molecule has 1 aromatic heterocycles. The molecule has 1 aromatic carbocycles. The first-order valence-electron chi connectivity index (χ1n) is 6.25. The highest BCUT2D eigenvalue weighted by atomic mass is 35.5. The van der Waals surface area contributed by atoms with Gasteiger partial charge in [-0.25, -0.2) is 0 Å². The standard InChI is InChI=1S/C14H9ClF3NO2/c15-13(20)10-11(19-21-12(10)7-5-6-7)8-3-1-2-4-9(8)14(16,17)18/h1-4,7H,5-6H2. The Bertz CT molecular complexity index is 704. The number of carbonyl (C=O) groups is 1. The van der Waals surface area contributed by atoms with Gasteiger partial charge < -0.3 is 4.52 Å². The van der Waals surface area contributed by atoms with E-state index < -0.39 is 17.0 Å². The van der Waals surface area contributed by atoms with E-state index in [1.165, 1.54) is 18.2 Å². The van der Waals surface area contributed by atoms with Crippen molar-refractivity contribution in [2.45, 2.75) is 24.9 Å². The smallest absolute Gasteiger partial charge is 0.360 e. The maximum absolute atomic E-state index is 13.1. The van der Waals surface area contributed by atoms with Crippen molar-refractivity contribution in [3.8, 4) is 11.3 Å². The third kappa shape index (κ3) is 2.55. The molecule has 0 amide bonds. The highest BCUT2D eigenvalue weighted by Gasteiger charge is 2.38. The third-order valence-electron chi connectivity index (χ3n) is 3.35. The molecule has 0 saturated heterocycles. The molecule has 110 valence electrons. The first-order valence-corrected chi connectivity index (χ1v) is 6.63. The molecular formula is C14H9ClF3NO2. The first kappa shape index (κ1) is 14.1. The molecule has 1 heterocycles. The van der Waals surface area contributed by atoms with Crippen molar-refractivity contribution in [1.82, 2.24) is 5.16 Å². The Morgan fingerprint density at radius 1 is 1.29 bits per heavy atom. The Kier molecular flexibility index (Phi) is 3.28. The van der Waals surface area contributed by atoms with Gasteiger partial charge in [-0.2, -0.15) is 13.2 Å². The molecule has 3 nitrogen and oxygen atoms in total. The Labute approximate surface area is 122 Å². The summed E-state index contributed by atoms with van der Waals surface area (Å²) < 4.78 is 44.3. The summed E-state index contributed by atoms with van der Waals surface area (Å²) in [7, 11) is 0. The van der Waals surface area contributed by atoms with Crippen molar-refractivity contribution in [2.24, 2.45) is 0 Å². The fourth-order valence-corrected chi connectivity index (χ4v) is 2.42. The normalized spacial score (nSPS) is 15.2. The van der Waals surface area contributed by atoms with Crippen LogP contribution in [0.1, 0.15) is 40.4 Å². The van der Waals surface area contributed by atoms with E-state index in [0.29, 0.717) is 0 Å². The number of carbonyl (C=O) groups excluding carboxylic acids is 1. The molecule has 2 aromatic rings. The number of aromatic nitrogens is 1. The highest BCUT2D eigenvalue weighted by Crippen LogP contribution is 2.45. The number of nitrogens with zero attached hydrogens (tertiary/aromatic N) is 1. The lowest BCUT2D eigenvalue weighted by atomic mass is 10.00. The van der Waals surface area contributed by atoms with Gasteiger partial charge in [0, 0.05) is 11.5 Å². The molecular weight excluding hydrogens is 307 g/mol. The van der Waals surface area contributed by atoms with Crippen LogP contribution in [0.3, 0.4) is 0 Å². The molecule has 0 N–H and O–H groups in total. The van der Waals surface area contributed by atoms with Crippen LogP contribution in [0, 0.1) is 0 Å². The molecule has 0 aliphatic heterocycles. The van der Waals surface area contributed by atoms with Gasteiger partial charge in [0.15, 0.2) is 5.76 Å². The van der Waals surface area contributed by atoms with E-state index in [4.69, 9.17) is 16.1 Å². The molecule has 0 radical (unpaired) electrons. The molecule has 21 heavy (non-hydrogen) atoms. The van der Waals surface area contributed by atoms with Crippen LogP contribution in [0.25, 0.3) is 11.3 Å². The van der Waals surface area contributed by atoms with Crippen LogP contribution in [0.4, 0.5) is 13.2 Å². The summed E-state index contributed by atoms with van der Waals surface area (Å²) >= 11 is 5.52. The fourth-order valence-electron chi connectivity index (χ4n) is 2.24. The molecule has 0 bridgehead atoms. The minimum absolute atomic E-state index is 0.0157. The Balaban J connectivity index is 2.20. The zero-order valence-corrected chi connectivity index (χ0v) is 11.3. The lowest BCUT2D eigenvalue weighted by molar-refractivity contribution is -0.137. The van der Waals surface area contributed by atoms with E-state index in [2.05, 4.69) is 5.16 Å². The zero-order chi connectivity index (χ0) is 15.2. The molecule has 1 saturated carbocycles. The van der Waals surface area contributed by atoms with Gasteiger partial charge in [-0.3, -0.25) is 4.79 Å². The quantitative estimate of drug-likeness (QED) is 0.776. The summed E-state index contributed by atoms with van der Waals surface area (Å²) in [5.74, 6) is 0.295. The summed E-state index contributed by atoms with van der Waals surface area (Å²) in [6.07, 6.45) is -2.93. The molecule has 1 aliphatic carbocycles. The van der Waals surface area contributed by atoms with Gasteiger partial charge in [0.25, 0.3) is 5.24 Å². The van der Waals surface area contributed by atoms with Gasteiger partial charge in [-0.1, -0.05) is 23.4 Å². The van der Waals surface area contributed by atoms with Crippen molar-refractivity contribution < 1.29 is 22.5 Å². The highest BCUT2D eigenvalue weighted by molar-refractivity contribution is 6.68. The maximum atomic E-state index is 13.1. The van der Waals surface area contributed by atoms with Crippen molar-refractivity contribution in [2.75, 3.05) is 0 Å². The van der Waals surface area contributed by atoms with Gasteiger partial charge in [0.05, 0.1) is 5.56 Å². The number of alkyl halides is 3. The SMILES string of the molecule is O=C(Cl)c1c(-c2ccccc2C(F)(F)F)noc1C1CC1. The maximum Gasteiger partial charge on any atom is 0.417 e. The van der Waals surface area contributed by atoms with Crippen molar-refractivity contribution >= 4 is 16.8 Å². The van der Waals surface area contributed by atoms with Crippen LogP contribution in [0.15, 0.2) is 28.8 Å². The third-order valence-corrected chi connectivity index (χ3v) is 3.54. The average molecular weight is 316 g/mol. The van der Waals surface area contributed by atoms with E-state index in [0.717, 1.165) is 18.9 Å². The lowest BCUT2D eigenvalue weighted by Crippen LogP contribution is -2.08. The second kappa shape index (κ2) is 4.87. The molecule has 3 rings (SSSR count). The van der Waals surface area contributed by atoms with E-state index in [9.17, 15) is 18.0 Å². The Morgan fingerprint density at radius 3 is 2.52 bits per heavy atom. The lowest BCUT2D eigenvalue weighted by Gasteiger charge is -2.11. The summed E-state index contributed by atoms with van der Waals surface area (Å²) in [6, 6.07) is 4.90. The number of hydrogen-bond donors (Lipinski definition) is 0. The van der Waals surface area contributed by atoms with Crippen LogP contribution >= 0.6 is 11.6 Å². The van der Waals surface area contributed by atoms with Crippen LogP contribution in [0.2, 0.25) is 0 Å². The second-order valence-corrected chi connectivity index (χ2v) is 5.21. The topological polar surface area (TPSA) is 43.1 Å². The number of rotatable bonds is 3. The van der Waals surface area contributed by atoms with Crippen molar-refractivity contribution in [1.29, 1.82) is 0 Å². The summed E-state index contributed by atoms with van der Waals surface area (Å²) in [5, 5.41) is 2.81. The van der Waals surface area contributed by atoms with Crippen LogP contribution in [0.5, 0.6) is 0 Å². The minimum atomic E-state index is -4.55. The average Bonchev–Trinajstić information content (AvgIpc) is 3.16. The van der Waals surface area contributed by atoms with E-state index in [1.807, 2.05) is 0 Å². The number of benzene rings is 1. The van der Waals surface area contributed by atoms with Crippen LogP contribution < -0.4 is 0 Å². The summed E-state index contributed by atoms with van der Waals surface area (Å²) in [5.41, 5.74) is -1.29. The largest absolute Gasteiger partial charge is 0.417 e. The fraction of sp³-hybridized carbons (Fsp3) is 0.286. The molecule has 0 atom stereocenters. The van der Waals surface area contributed by atoms with Gasteiger partial charge in [0.2, 0.25) is 0 Å². The number of halogens is 4. The Morgan fingerprint density at radius 2 is 1.95 bits per heavy atom. The molecule has 1 aliphatic rings. The van der Waals surface area contributed by atoms with E-state index in [-0.39, 0.29) is 28.5 Å². The number of hydrogen-bond acceptors (Lipinski definition) is 3. The van der Waals surface area contributed by atoms with Gasteiger partial charge in [-0.05, 0) is 30.5 Å². The predicted octanol–water partition coefficient (Wildman–Crippen LogP) is 4.62. The van der Waals surface area contributed by atoms with Gasteiger partial charge >= 0.3 is 6.18 Å². The van der Waals surface area contributed by atoms with Crippen LogP contribution in [-0.4, -0.2) is 10.4 Å². The zero-order valence-electron chi connectivity index (χ0n) is 10.6. The molecule has 1 fully saturated rings. The summed E-state index contributed by atoms with van der Waals surface area (Å²) in [6.45, 7) is 0. The predicted molar refractivity (Wildman–Crippen MR) is 69.1 cm³/mol. The monoisotopic (exact) mass is 315 g/mol. The summed E-state index contributed by atoms with van der Waals surface area (Å²) in [4.78, 5) is 11.6.